The number of amides is 2. The van der Waals surface area contributed by atoms with E-state index < -0.39 is 35.3 Å². The minimum atomic E-state index is -0.948. The smallest absolute Gasteiger partial charge is 0.407 e. The molecular formula is C17H31ClN2O8. The topological polar surface area (TPSA) is 140 Å². The Labute approximate surface area is 170 Å². The van der Waals surface area contributed by atoms with E-state index in [0.29, 0.717) is 0 Å². The lowest BCUT2D eigenvalue weighted by molar-refractivity contribution is -0.141. The molecule has 0 aliphatic heterocycles. The van der Waals surface area contributed by atoms with Gasteiger partial charge in [0.25, 0.3) is 0 Å². The third-order valence-electron chi connectivity index (χ3n) is 2.22. The number of halogens is 1. The first-order chi connectivity index (χ1) is 12.7. The highest BCUT2D eigenvalue weighted by molar-refractivity contribution is 6.17. The zero-order valence-electron chi connectivity index (χ0n) is 17.2. The van der Waals surface area contributed by atoms with Crippen molar-refractivity contribution in [1.82, 2.24) is 10.6 Å². The van der Waals surface area contributed by atoms with Crippen molar-refractivity contribution in [1.29, 1.82) is 0 Å². The number of alkyl carbamates (subject to hydrolysis) is 2. The largest absolute Gasteiger partial charge is 0.481 e. The van der Waals surface area contributed by atoms with Gasteiger partial charge in [-0.25, -0.2) is 9.59 Å². The van der Waals surface area contributed by atoms with Gasteiger partial charge in [-0.1, -0.05) is 11.6 Å². The Bertz CT molecular complexity index is 512. The van der Waals surface area contributed by atoms with Gasteiger partial charge in [0, 0.05) is 13.1 Å². The van der Waals surface area contributed by atoms with E-state index in [2.05, 4.69) is 15.4 Å². The van der Waals surface area contributed by atoms with Crippen LogP contribution in [0.5, 0.6) is 0 Å². The number of rotatable bonds is 7. The SMILES string of the molecule is CC(C)(C)OC(=O)NCCC(=O)O.CC(C)(C)OC(=O)NCCC(=O)OCCl. The van der Waals surface area contributed by atoms with Crippen molar-refractivity contribution >= 4 is 35.7 Å². The molecular weight excluding hydrogens is 396 g/mol. The van der Waals surface area contributed by atoms with Crippen LogP contribution in [-0.4, -0.2) is 59.6 Å². The highest BCUT2D eigenvalue weighted by atomic mass is 35.5. The van der Waals surface area contributed by atoms with E-state index >= 15 is 0 Å². The van der Waals surface area contributed by atoms with Gasteiger partial charge in [0.2, 0.25) is 0 Å². The van der Waals surface area contributed by atoms with Crippen molar-refractivity contribution in [2.45, 2.75) is 65.6 Å². The minimum absolute atomic E-state index is 0.0754. The Morgan fingerprint density at radius 3 is 1.54 bits per heavy atom. The molecule has 0 aliphatic rings. The summed E-state index contributed by atoms with van der Waals surface area (Å²) < 4.78 is 14.3. The number of hydrogen-bond acceptors (Lipinski definition) is 7. The molecule has 0 fully saturated rings. The van der Waals surface area contributed by atoms with Crippen LogP contribution in [0.15, 0.2) is 0 Å². The van der Waals surface area contributed by atoms with Gasteiger partial charge in [0.15, 0.2) is 6.07 Å². The molecule has 164 valence electrons. The van der Waals surface area contributed by atoms with Gasteiger partial charge in [-0.05, 0) is 41.5 Å². The lowest BCUT2D eigenvalue weighted by Crippen LogP contribution is -2.33. The number of alkyl halides is 1. The molecule has 0 saturated carbocycles. The molecule has 0 bridgehead atoms. The van der Waals surface area contributed by atoms with Crippen molar-refractivity contribution in [2.75, 3.05) is 19.2 Å². The van der Waals surface area contributed by atoms with Crippen molar-refractivity contribution in [3.05, 3.63) is 0 Å². The van der Waals surface area contributed by atoms with Gasteiger partial charge in [0.05, 0.1) is 12.8 Å². The number of nitrogens with one attached hydrogen (secondary N) is 2. The molecule has 0 radical (unpaired) electrons. The maximum absolute atomic E-state index is 11.1. The Kier molecular flexibility index (Phi) is 13.9. The normalized spacial score (nSPS) is 10.7. The fourth-order valence-electron chi connectivity index (χ4n) is 1.30. The van der Waals surface area contributed by atoms with Crippen LogP contribution in [0, 0.1) is 0 Å². The van der Waals surface area contributed by atoms with Gasteiger partial charge in [-0.15, -0.1) is 0 Å². The van der Waals surface area contributed by atoms with Gasteiger partial charge in [-0.2, -0.15) is 0 Å². The number of hydrogen-bond donors (Lipinski definition) is 3. The van der Waals surface area contributed by atoms with Crippen LogP contribution in [0.3, 0.4) is 0 Å². The summed E-state index contributed by atoms with van der Waals surface area (Å²) in [5, 5.41) is 13.0. The van der Waals surface area contributed by atoms with Crippen LogP contribution in [0.4, 0.5) is 9.59 Å². The van der Waals surface area contributed by atoms with Gasteiger partial charge in [-0.3, -0.25) is 9.59 Å². The molecule has 0 rings (SSSR count). The molecule has 0 saturated heterocycles. The molecule has 0 aromatic carbocycles. The average Bonchev–Trinajstić information content (AvgIpc) is 2.43. The Balaban J connectivity index is 0. The molecule has 10 nitrogen and oxygen atoms in total. The number of aliphatic carboxylic acids is 1. The van der Waals surface area contributed by atoms with E-state index in [4.69, 9.17) is 26.2 Å². The molecule has 28 heavy (non-hydrogen) atoms. The molecule has 0 aromatic heterocycles. The molecule has 0 atom stereocenters. The van der Waals surface area contributed by atoms with E-state index in [1.54, 1.807) is 41.5 Å². The van der Waals surface area contributed by atoms with Crippen LogP contribution in [0.2, 0.25) is 0 Å². The molecule has 11 heteroatoms. The minimum Gasteiger partial charge on any atom is -0.481 e. The van der Waals surface area contributed by atoms with Gasteiger partial charge in [0.1, 0.15) is 11.2 Å². The highest BCUT2D eigenvalue weighted by Crippen LogP contribution is 2.06. The second-order valence-electron chi connectivity index (χ2n) is 7.38. The first kappa shape index (κ1) is 28.0. The van der Waals surface area contributed by atoms with Gasteiger partial charge >= 0.3 is 24.1 Å². The van der Waals surface area contributed by atoms with E-state index in [-0.39, 0.29) is 32.0 Å². The van der Waals surface area contributed by atoms with Crippen molar-refractivity contribution in [2.24, 2.45) is 0 Å². The van der Waals surface area contributed by atoms with E-state index in [0.717, 1.165) is 0 Å². The lowest BCUT2D eigenvalue weighted by Gasteiger charge is -2.19. The summed E-state index contributed by atoms with van der Waals surface area (Å²) in [6, 6.07) is -0.175. The molecule has 0 unspecified atom stereocenters. The summed E-state index contributed by atoms with van der Waals surface area (Å²) in [5.41, 5.74) is -1.09. The first-order valence-electron chi connectivity index (χ1n) is 8.53. The maximum Gasteiger partial charge on any atom is 0.407 e. The number of esters is 1. The fraction of sp³-hybridized carbons (Fsp3) is 0.765. The summed E-state index contributed by atoms with van der Waals surface area (Å²) >= 11 is 5.17. The molecule has 0 aromatic rings. The van der Waals surface area contributed by atoms with Crippen molar-refractivity contribution in [3.63, 3.8) is 0 Å². The van der Waals surface area contributed by atoms with Crippen molar-refractivity contribution in [3.8, 4) is 0 Å². The molecule has 3 N–H and O–H groups in total. The molecule has 2 amide bonds. The Hall–Kier alpha value is -2.23. The maximum atomic E-state index is 11.1. The number of carboxylic acid groups (broad SMARTS) is 1. The van der Waals surface area contributed by atoms with Gasteiger partial charge < -0.3 is 30.0 Å². The summed E-state index contributed by atoms with van der Waals surface area (Å²) in [6.07, 6.45) is -1.17. The first-order valence-corrected chi connectivity index (χ1v) is 9.07. The second kappa shape index (κ2) is 13.9. The zero-order valence-corrected chi connectivity index (χ0v) is 18.0. The number of carboxylic acids is 1. The third-order valence-corrected chi connectivity index (χ3v) is 2.33. The predicted molar refractivity (Wildman–Crippen MR) is 102 cm³/mol. The van der Waals surface area contributed by atoms with Crippen LogP contribution in [0.1, 0.15) is 54.4 Å². The quantitative estimate of drug-likeness (QED) is 0.320. The average molecular weight is 427 g/mol. The van der Waals surface area contributed by atoms with Crippen LogP contribution < -0.4 is 10.6 Å². The molecule has 0 heterocycles. The summed E-state index contributed by atoms with van der Waals surface area (Å²) in [5.74, 6) is -1.41. The van der Waals surface area contributed by atoms with E-state index in [1.807, 2.05) is 0 Å². The highest BCUT2D eigenvalue weighted by Gasteiger charge is 2.16. The standard InChI is InChI=1S/C9H16ClNO4.C8H15NO4/c1-9(2,3)15-8(13)11-5-4-7(12)14-6-10;1-8(2,3)13-7(12)9-5-4-6(10)11/h4-6H2,1-3H3,(H,11,13);4-5H2,1-3H3,(H,9,12)(H,10,11). The predicted octanol–water partition coefficient (Wildman–Crippen LogP) is 2.63. The lowest BCUT2D eigenvalue weighted by atomic mass is 10.2. The van der Waals surface area contributed by atoms with Crippen molar-refractivity contribution < 1.29 is 38.5 Å². The summed E-state index contributed by atoms with van der Waals surface area (Å²) in [6.45, 7) is 10.8. The van der Waals surface area contributed by atoms with E-state index in [9.17, 15) is 19.2 Å². The Morgan fingerprint density at radius 1 is 0.821 bits per heavy atom. The summed E-state index contributed by atoms with van der Waals surface area (Å²) in [4.78, 5) is 42.9. The molecule has 0 aliphatic carbocycles. The van der Waals surface area contributed by atoms with Crippen LogP contribution in [-0.2, 0) is 23.8 Å². The zero-order chi connectivity index (χ0) is 22.4. The van der Waals surface area contributed by atoms with E-state index in [1.165, 1.54) is 0 Å². The second-order valence-corrected chi connectivity index (χ2v) is 7.59. The van der Waals surface area contributed by atoms with Crippen LogP contribution >= 0.6 is 11.6 Å². The fourth-order valence-corrected chi connectivity index (χ4v) is 1.42. The number of ether oxygens (including phenoxy) is 3. The number of carbonyl (C=O) groups excluding carboxylic acids is 3. The monoisotopic (exact) mass is 426 g/mol. The summed E-state index contributed by atoms with van der Waals surface area (Å²) in [7, 11) is 0. The van der Waals surface area contributed by atoms with Crippen LogP contribution in [0.25, 0.3) is 0 Å². The Morgan fingerprint density at radius 2 is 1.21 bits per heavy atom. The third kappa shape index (κ3) is 23.8. The number of carbonyl (C=O) groups is 4. The molecule has 0 spiro atoms.